The molecule has 0 saturated carbocycles. The van der Waals surface area contributed by atoms with Crippen molar-refractivity contribution in [3.8, 4) is 11.5 Å². The van der Waals surface area contributed by atoms with E-state index in [-0.39, 0.29) is 23.5 Å². The molecule has 0 spiro atoms. The number of carbonyl (C=O) groups excluding carboxylic acids is 1. The average Bonchev–Trinajstić information content (AvgIpc) is 3.28. The summed E-state index contributed by atoms with van der Waals surface area (Å²) < 4.78 is 37.4. The van der Waals surface area contributed by atoms with Gasteiger partial charge in [-0.25, -0.2) is 8.42 Å². The van der Waals surface area contributed by atoms with Crippen molar-refractivity contribution < 1.29 is 22.7 Å². The van der Waals surface area contributed by atoms with Crippen LogP contribution in [0.1, 0.15) is 31.4 Å². The van der Waals surface area contributed by atoms with Gasteiger partial charge in [-0.05, 0) is 50.1 Å². The van der Waals surface area contributed by atoms with E-state index < -0.39 is 10.0 Å². The fourth-order valence-corrected chi connectivity index (χ4v) is 4.84. The van der Waals surface area contributed by atoms with Crippen molar-refractivity contribution in [1.29, 1.82) is 0 Å². The lowest BCUT2D eigenvalue weighted by Crippen LogP contribution is -2.31. The molecule has 7 nitrogen and oxygen atoms in total. The maximum atomic E-state index is 12.5. The van der Waals surface area contributed by atoms with Crippen molar-refractivity contribution >= 4 is 15.9 Å². The smallest absolute Gasteiger partial charge is 0.258 e. The number of ether oxygens (including phenoxy) is 2. The van der Waals surface area contributed by atoms with Crippen LogP contribution < -0.4 is 14.8 Å². The van der Waals surface area contributed by atoms with E-state index in [2.05, 4.69) is 5.32 Å². The van der Waals surface area contributed by atoms with Crippen LogP contribution in [-0.4, -0.2) is 45.4 Å². The number of para-hydroxylation sites is 1. The summed E-state index contributed by atoms with van der Waals surface area (Å²) in [6.07, 6.45) is 1.78. The second-order valence-corrected chi connectivity index (χ2v) is 8.84. The van der Waals surface area contributed by atoms with E-state index in [1.54, 1.807) is 19.2 Å². The highest BCUT2D eigenvalue weighted by atomic mass is 32.2. The van der Waals surface area contributed by atoms with E-state index in [9.17, 15) is 13.2 Å². The number of carbonyl (C=O) groups is 1. The van der Waals surface area contributed by atoms with Crippen LogP contribution in [-0.2, 0) is 14.8 Å². The van der Waals surface area contributed by atoms with Crippen LogP contribution in [0.4, 0.5) is 0 Å². The van der Waals surface area contributed by atoms with Gasteiger partial charge in [0.2, 0.25) is 10.0 Å². The van der Waals surface area contributed by atoms with Crippen molar-refractivity contribution in [3.63, 3.8) is 0 Å². The molecule has 8 heteroatoms. The van der Waals surface area contributed by atoms with Crippen molar-refractivity contribution in [3.05, 3.63) is 54.1 Å². The molecule has 1 heterocycles. The molecule has 2 aromatic rings. The van der Waals surface area contributed by atoms with E-state index in [4.69, 9.17) is 9.47 Å². The third-order valence-corrected chi connectivity index (χ3v) is 6.79. The predicted octanol–water partition coefficient (Wildman–Crippen LogP) is 2.74. The van der Waals surface area contributed by atoms with Gasteiger partial charge in [-0.2, -0.15) is 4.31 Å². The molecule has 1 N–H and O–H groups in total. The Balaban J connectivity index is 1.55. The second-order valence-electron chi connectivity index (χ2n) is 6.90. The van der Waals surface area contributed by atoms with E-state index >= 15 is 0 Å². The van der Waals surface area contributed by atoms with Gasteiger partial charge in [0, 0.05) is 18.7 Å². The first-order valence-corrected chi connectivity index (χ1v) is 11.0. The summed E-state index contributed by atoms with van der Waals surface area (Å²) in [5, 5.41) is 2.87. The summed E-state index contributed by atoms with van der Waals surface area (Å²) in [6, 6.07) is 13.4. The Morgan fingerprint density at radius 3 is 2.41 bits per heavy atom. The van der Waals surface area contributed by atoms with Crippen LogP contribution in [0.25, 0.3) is 0 Å². The third-order valence-electron chi connectivity index (χ3n) is 4.88. The van der Waals surface area contributed by atoms with Crippen molar-refractivity contribution in [2.45, 2.75) is 30.7 Å². The molecule has 156 valence electrons. The SMILES string of the molecule is COc1ccccc1C(C)NC(=O)COc1ccc(S(=O)(=O)N2CCCC2)cc1. The molecule has 2 aromatic carbocycles. The maximum Gasteiger partial charge on any atom is 0.258 e. The zero-order valence-electron chi connectivity index (χ0n) is 16.6. The summed E-state index contributed by atoms with van der Waals surface area (Å²) in [4.78, 5) is 12.5. The number of rotatable bonds is 8. The van der Waals surface area contributed by atoms with Gasteiger partial charge in [-0.3, -0.25) is 4.79 Å². The highest BCUT2D eigenvalue weighted by molar-refractivity contribution is 7.89. The van der Waals surface area contributed by atoms with Gasteiger partial charge in [0.05, 0.1) is 18.0 Å². The molecule has 1 unspecified atom stereocenters. The number of amides is 1. The van der Waals surface area contributed by atoms with E-state index in [0.717, 1.165) is 18.4 Å². The van der Waals surface area contributed by atoms with E-state index in [1.807, 2.05) is 31.2 Å². The molecule has 1 aliphatic heterocycles. The Bertz CT molecular complexity index is 938. The Kier molecular flexibility index (Phi) is 6.76. The Morgan fingerprint density at radius 2 is 1.76 bits per heavy atom. The quantitative estimate of drug-likeness (QED) is 0.713. The summed E-state index contributed by atoms with van der Waals surface area (Å²) in [7, 11) is -1.87. The third kappa shape index (κ3) is 5.07. The number of hydrogen-bond donors (Lipinski definition) is 1. The lowest BCUT2D eigenvalue weighted by Gasteiger charge is -2.17. The number of benzene rings is 2. The molecule has 0 aliphatic carbocycles. The minimum absolute atomic E-state index is 0.169. The summed E-state index contributed by atoms with van der Waals surface area (Å²) in [6.45, 7) is 2.82. The molecule has 0 bridgehead atoms. The fraction of sp³-hybridized carbons (Fsp3) is 0.381. The number of sulfonamides is 1. The molecule has 1 aliphatic rings. The summed E-state index contributed by atoms with van der Waals surface area (Å²) >= 11 is 0. The highest BCUT2D eigenvalue weighted by Crippen LogP contribution is 2.25. The molecular weight excluding hydrogens is 392 g/mol. The lowest BCUT2D eigenvalue weighted by molar-refractivity contribution is -0.123. The topological polar surface area (TPSA) is 84.9 Å². The highest BCUT2D eigenvalue weighted by Gasteiger charge is 2.27. The molecule has 1 atom stereocenters. The van der Waals surface area contributed by atoms with E-state index in [1.165, 1.54) is 16.4 Å². The fourth-order valence-electron chi connectivity index (χ4n) is 3.32. The molecule has 0 aromatic heterocycles. The van der Waals surface area contributed by atoms with Crippen LogP contribution in [0.3, 0.4) is 0 Å². The van der Waals surface area contributed by atoms with Crippen molar-refractivity contribution in [1.82, 2.24) is 9.62 Å². The monoisotopic (exact) mass is 418 g/mol. The summed E-state index contributed by atoms with van der Waals surface area (Å²) in [5.74, 6) is 0.860. The van der Waals surface area contributed by atoms with Gasteiger partial charge in [0.1, 0.15) is 11.5 Å². The largest absolute Gasteiger partial charge is 0.496 e. The van der Waals surface area contributed by atoms with E-state index in [0.29, 0.717) is 24.6 Å². The van der Waals surface area contributed by atoms with Crippen LogP contribution >= 0.6 is 0 Å². The van der Waals surface area contributed by atoms with Crippen LogP contribution in [0.15, 0.2) is 53.4 Å². The average molecular weight is 419 g/mol. The van der Waals surface area contributed by atoms with Crippen LogP contribution in [0, 0.1) is 0 Å². The zero-order valence-corrected chi connectivity index (χ0v) is 17.4. The standard InChI is InChI=1S/C21H26N2O5S/c1-16(19-7-3-4-8-20(19)27-2)22-21(24)15-28-17-9-11-18(12-10-17)29(25,26)23-13-5-6-14-23/h3-4,7-12,16H,5-6,13-15H2,1-2H3,(H,22,24). The normalized spacial score (nSPS) is 15.7. The van der Waals surface area contributed by atoms with Gasteiger partial charge in [-0.15, -0.1) is 0 Å². The predicted molar refractivity (Wildman–Crippen MR) is 109 cm³/mol. The lowest BCUT2D eigenvalue weighted by atomic mass is 10.1. The number of methoxy groups -OCH3 is 1. The first-order valence-electron chi connectivity index (χ1n) is 9.57. The molecule has 0 radical (unpaired) electrons. The first kappa shape index (κ1) is 21.1. The molecule has 3 rings (SSSR count). The second kappa shape index (κ2) is 9.28. The molecular formula is C21H26N2O5S. The first-order chi connectivity index (χ1) is 13.9. The minimum atomic E-state index is -3.45. The Hall–Kier alpha value is -2.58. The number of nitrogens with zero attached hydrogens (tertiary/aromatic N) is 1. The zero-order chi connectivity index (χ0) is 20.9. The summed E-state index contributed by atoms with van der Waals surface area (Å²) in [5.41, 5.74) is 0.875. The minimum Gasteiger partial charge on any atom is -0.496 e. The number of hydrogen-bond acceptors (Lipinski definition) is 5. The molecule has 1 fully saturated rings. The van der Waals surface area contributed by atoms with Gasteiger partial charge in [-0.1, -0.05) is 18.2 Å². The molecule has 29 heavy (non-hydrogen) atoms. The Morgan fingerprint density at radius 1 is 1.10 bits per heavy atom. The number of nitrogens with one attached hydrogen (secondary N) is 1. The Labute approximate surface area is 171 Å². The van der Waals surface area contributed by atoms with Gasteiger partial charge < -0.3 is 14.8 Å². The van der Waals surface area contributed by atoms with Crippen molar-refractivity contribution in [2.24, 2.45) is 0 Å². The van der Waals surface area contributed by atoms with Gasteiger partial charge >= 0.3 is 0 Å². The van der Waals surface area contributed by atoms with Crippen molar-refractivity contribution in [2.75, 3.05) is 26.8 Å². The maximum absolute atomic E-state index is 12.5. The molecule has 1 saturated heterocycles. The molecule has 1 amide bonds. The van der Waals surface area contributed by atoms with Gasteiger partial charge in [0.15, 0.2) is 6.61 Å². The van der Waals surface area contributed by atoms with Gasteiger partial charge in [0.25, 0.3) is 5.91 Å². The van der Waals surface area contributed by atoms with Crippen LogP contribution in [0.5, 0.6) is 11.5 Å². The van der Waals surface area contributed by atoms with Crippen LogP contribution in [0.2, 0.25) is 0 Å².